The molecular formula is C16H22FNO2S. The Bertz CT molecular complexity index is 519. The van der Waals surface area contributed by atoms with E-state index in [2.05, 4.69) is 23.5 Å². The highest BCUT2D eigenvalue weighted by molar-refractivity contribution is 8.00. The summed E-state index contributed by atoms with van der Waals surface area (Å²) < 4.78 is 18.8. The quantitative estimate of drug-likeness (QED) is 0.801. The zero-order chi connectivity index (χ0) is 15.5. The second kappa shape index (κ2) is 6.79. The van der Waals surface area contributed by atoms with E-state index in [9.17, 15) is 9.18 Å². The molecular weight excluding hydrogens is 289 g/mol. The van der Waals surface area contributed by atoms with Gasteiger partial charge in [-0.15, -0.1) is 0 Å². The number of benzene rings is 1. The minimum absolute atomic E-state index is 0.00574. The SMILES string of the molecule is COC(=O)c1ccc(CN2CCSC(C)(C)CC2)cc1F. The van der Waals surface area contributed by atoms with Gasteiger partial charge in [-0.1, -0.05) is 19.9 Å². The summed E-state index contributed by atoms with van der Waals surface area (Å²) in [5.74, 6) is -0.0498. The van der Waals surface area contributed by atoms with Crippen molar-refractivity contribution in [1.82, 2.24) is 4.90 Å². The van der Waals surface area contributed by atoms with Crippen LogP contribution in [-0.2, 0) is 11.3 Å². The molecule has 1 fully saturated rings. The summed E-state index contributed by atoms with van der Waals surface area (Å²) in [6.45, 7) is 7.28. The van der Waals surface area contributed by atoms with E-state index < -0.39 is 11.8 Å². The number of hydrogen-bond donors (Lipinski definition) is 0. The smallest absolute Gasteiger partial charge is 0.340 e. The number of halogens is 1. The molecule has 1 heterocycles. The maximum atomic E-state index is 13.9. The lowest BCUT2D eigenvalue weighted by atomic mass is 10.1. The first kappa shape index (κ1) is 16.3. The van der Waals surface area contributed by atoms with Crippen LogP contribution in [-0.4, -0.2) is 41.6 Å². The van der Waals surface area contributed by atoms with Crippen molar-refractivity contribution in [2.24, 2.45) is 0 Å². The van der Waals surface area contributed by atoms with Crippen molar-refractivity contribution in [3.63, 3.8) is 0 Å². The maximum Gasteiger partial charge on any atom is 0.340 e. The normalized spacial score (nSPS) is 19.0. The van der Waals surface area contributed by atoms with Crippen molar-refractivity contribution in [3.05, 3.63) is 35.1 Å². The lowest BCUT2D eigenvalue weighted by Gasteiger charge is -2.22. The maximum absolute atomic E-state index is 13.9. The summed E-state index contributed by atoms with van der Waals surface area (Å²) >= 11 is 1.99. The molecule has 0 unspecified atom stereocenters. The molecule has 0 spiro atoms. The minimum Gasteiger partial charge on any atom is -0.465 e. The molecule has 1 saturated heterocycles. The van der Waals surface area contributed by atoms with E-state index in [1.165, 1.54) is 19.2 Å². The van der Waals surface area contributed by atoms with Gasteiger partial charge >= 0.3 is 5.97 Å². The summed E-state index contributed by atoms with van der Waals surface area (Å²) in [5.41, 5.74) is 0.888. The molecule has 0 bridgehead atoms. The number of hydrogen-bond acceptors (Lipinski definition) is 4. The number of esters is 1. The predicted octanol–water partition coefficient (Wildman–Crippen LogP) is 3.33. The van der Waals surface area contributed by atoms with Crippen LogP contribution in [0.25, 0.3) is 0 Å². The molecule has 1 aromatic rings. The summed E-state index contributed by atoms with van der Waals surface area (Å²) in [5, 5.41) is 0. The molecule has 3 nitrogen and oxygen atoms in total. The van der Waals surface area contributed by atoms with Crippen LogP contribution in [0.5, 0.6) is 0 Å². The summed E-state index contributed by atoms with van der Waals surface area (Å²) in [4.78, 5) is 13.7. The Morgan fingerprint density at radius 2 is 2.19 bits per heavy atom. The monoisotopic (exact) mass is 311 g/mol. The van der Waals surface area contributed by atoms with Crippen molar-refractivity contribution in [3.8, 4) is 0 Å². The Hall–Kier alpha value is -1.07. The van der Waals surface area contributed by atoms with Crippen LogP contribution < -0.4 is 0 Å². The van der Waals surface area contributed by atoms with E-state index >= 15 is 0 Å². The number of thioether (sulfide) groups is 1. The van der Waals surface area contributed by atoms with Crippen molar-refractivity contribution in [2.45, 2.75) is 31.6 Å². The van der Waals surface area contributed by atoms with Gasteiger partial charge in [-0.3, -0.25) is 4.90 Å². The molecule has 0 amide bonds. The van der Waals surface area contributed by atoms with Gasteiger partial charge in [0.2, 0.25) is 0 Å². The molecule has 1 aliphatic rings. The van der Waals surface area contributed by atoms with Crippen molar-refractivity contribution < 1.29 is 13.9 Å². The molecule has 1 aliphatic heterocycles. The number of carbonyl (C=O) groups excluding carboxylic acids is 1. The molecule has 0 saturated carbocycles. The third-order valence-electron chi connectivity index (χ3n) is 3.78. The van der Waals surface area contributed by atoms with Gasteiger partial charge in [0.25, 0.3) is 0 Å². The first-order chi connectivity index (χ1) is 9.91. The number of carbonyl (C=O) groups is 1. The van der Waals surface area contributed by atoms with Gasteiger partial charge in [0.1, 0.15) is 5.82 Å². The van der Waals surface area contributed by atoms with Gasteiger partial charge in [0.05, 0.1) is 12.7 Å². The van der Waals surface area contributed by atoms with Gasteiger partial charge in [0.15, 0.2) is 0 Å². The zero-order valence-electron chi connectivity index (χ0n) is 12.8. The van der Waals surface area contributed by atoms with Gasteiger partial charge in [-0.05, 0) is 30.7 Å². The van der Waals surface area contributed by atoms with Crippen LogP contribution in [0.1, 0.15) is 36.2 Å². The Morgan fingerprint density at radius 3 is 2.86 bits per heavy atom. The topological polar surface area (TPSA) is 29.5 Å². The molecule has 0 aliphatic carbocycles. The fourth-order valence-electron chi connectivity index (χ4n) is 2.41. The van der Waals surface area contributed by atoms with Gasteiger partial charge < -0.3 is 4.74 Å². The second-order valence-electron chi connectivity index (χ2n) is 5.94. The Morgan fingerprint density at radius 1 is 1.43 bits per heavy atom. The number of methoxy groups -OCH3 is 1. The highest BCUT2D eigenvalue weighted by atomic mass is 32.2. The molecule has 21 heavy (non-hydrogen) atoms. The lowest BCUT2D eigenvalue weighted by Crippen LogP contribution is -2.26. The fraction of sp³-hybridized carbons (Fsp3) is 0.562. The second-order valence-corrected chi connectivity index (χ2v) is 7.74. The predicted molar refractivity (Wildman–Crippen MR) is 84.2 cm³/mol. The van der Waals surface area contributed by atoms with Crippen LogP contribution in [0.2, 0.25) is 0 Å². The first-order valence-corrected chi connectivity index (χ1v) is 8.13. The van der Waals surface area contributed by atoms with Crippen LogP contribution in [0.15, 0.2) is 18.2 Å². The molecule has 2 rings (SSSR count). The Balaban J connectivity index is 2.03. The van der Waals surface area contributed by atoms with Crippen LogP contribution in [0.4, 0.5) is 4.39 Å². The third kappa shape index (κ3) is 4.45. The standard InChI is InChI=1S/C16H22FNO2S/c1-16(2)6-7-18(8-9-21-16)11-12-4-5-13(14(17)10-12)15(19)20-3/h4-5,10H,6-9,11H2,1-3H3. The lowest BCUT2D eigenvalue weighted by molar-refractivity contribution is 0.0595. The van der Waals surface area contributed by atoms with Crippen LogP contribution in [0.3, 0.4) is 0 Å². The molecule has 0 N–H and O–H groups in total. The average Bonchev–Trinajstić information content (AvgIpc) is 2.59. The van der Waals surface area contributed by atoms with E-state index in [0.29, 0.717) is 4.75 Å². The Kier molecular flexibility index (Phi) is 5.27. The van der Waals surface area contributed by atoms with Crippen molar-refractivity contribution in [1.29, 1.82) is 0 Å². The largest absolute Gasteiger partial charge is 0.465 e. The molecule has 5 heteroatoms. The molecule has 0 radical (unpaired) electrons. The Labute approximate surface area is 129 Å². The van der Waals surface area contributed by atoms with Gasteiger partial charge in [-0.2, -0.15) is 11.8 Å². The van der Waals surface area contributed by atoms with E-state index in [1.807, 2.05) is 11.8 Å². The first-order valence-electron chi connectivity index (χ1n) is 7.14. The van der Waals surface area contributed by atoms with Crippen LogP contribution >= 0.6 is 11.8 Å². The minimum atomic E-state index is -0.632. The van der Waals surface area contributed by atoms with Gasteiger partial charge in [0, 0.05) is 23.6 Å². The van der Waals surface area contributed by atoms with Crippen molar-refractivity contribution >= 4 is 17.7 Å². The third-order valence-corrected chi connectivity index (χ3v) is 5.15. The van der Waals surface area contributed by atoms with Crippen LogP contribution in [0, 0.1) is 5.82 Å². The molecule has 0 aromatic heterocycles. The molecule has 116 valence electrons. The molecule has 0 atom stereocenters. The number of rotatable bonds is 3. The summed E-state index contributed by atoms with van der Waals surface area (Å²) in [7, 11) is 1.26. The highest BCUT2D eigenvalue weighted by Crippen LogP contribution is 2.31. The highest BCUT2D eigenvalue weighted by Gasteiger charge is 2.23. The number of ether oxygens (including phenoxy) is 1. The number of nitrogens with zero attached hydrogens (tertiary/aromatic N) is 1. The van der Waals surface area contributed by atoms with E-state index in [-0.39, 0.29) is 5.56 Å². The molecule has 1 aromatic carbocycles. The van der Waals surface area contributed by atoms with E-state index in [4.69, 9.17) is 0 Å². The fourth-order valence-corrected chi connectivity index (χ4v) is 3.55. The van der Waals surface area contributed by atoms with E-state index in [0.717, 1.165) is 37.4 Å². The van der Waals surface area contributed by atoms with E-state index in [1.54, 1.807) is 6.07 Å². The summed E-state index contributed by atoms with van der Waals surface area (Å²) in [6, 6.07) is 4.75. The zero-order valence-corrected chi connectivity index (χ0v) is 13.6. The van der Waals surface area contributed by atoms with Crippen molar-refractivity contribution in [2.75, 3.05) is 26.0 Å². The average molecular weight is 311 g/mol. The van der Waals surface area contributed by atoms with Gasteiger partial charge in [-0.25, -0.2) is 9.18 Å². The summed E-state index contributed by atoms with van der Waals surface area (Å²) in [6.07, 6.45) is 1.13.